The molecule has 0 bridgehead atoms. The fraction of sp³-hybridized carbons (Fsp3) is 0.0588. The average molecular weight is 318 g/mol. The van der Waals surface area contributed by atoms with Gasteiger partial charge in [0.25, 0.3) is 0 Å². The van der Waals surface area contributed by atoms with Gasteiger partial charge in [-0.15, -0.1) is 15.0 Å². The number of hydrogen-bond donors (Lipinski definition) is 1. The van der Waals surface area contributed by atoms with Crippen LogP contribution in [0, 0.1) is 0 Å². The second-order valence-corrected chi connectivity index (χ2v) is 5.11. The lowest BCUT2D eigenvalue weighted by atomic mass is 10.2. The average Bonchev–Trinajstić information content (AvgIpc) is 3.14. The number of tetrazole rings is 1. The number of allylic oxidation sites excluding steroid dienone is 2. The lowest BCUT2D eigenvalue weighted by Gasteiger charge is -2.10. The van der Waals surface area contributed by atoms with Crippen molar-refractivity contribution in [1.82, 2.24) is 30.5 Å². The third-order valence-corrected chi connectivity index (χ3v) is 3.41. The Labute approximate surface area is 138 Å². The summed E-state index contributed by atoms with van der Waals surface area (Å²) in [6.45, 7) is 0. The molecule has 1 aliphatic rings. The van der Waals surface area contributed by atoms with Crippen molar-refractivity contribution in [3.05, 3.63) is 79.0 Å². The van der Waals surface area contributed by atoms with Crippen LogP contribution in [-0.4, -0.2) is 25.2 Å². The molecule has 1 aromatic carbocycles. The van der Waals surface area contributed by atoms with Crippen LogP contribution in [-0.2, 0) is 0 Å². The first-order valence-corrected chi connectivity index (χ1v) is 7.46. The van der Waals surface area contributed by atoms with Gasteiger partial charge in [0.05, 0.1) is 11.9 Å². The Morgan fingerprint density at radius 1 is 1.08 bits per heavy atom. The first kappa shape index (κ1) is 14.1. The summed E-state index contributed by atoms with van der Waals surface area (Å²) in [4.78, 5) is 5.52. The summed E-state index contributed by atoms with van der Waals surface area (Å²) >= 11 is 0. The van der Waals surface area contributed by atoms with Crippen LogP contribution in [0.15, 0.2) is 73.2 Å². The van der Waals surface area contributed by atoms with Gasteiger partial charge < -0.3 is 10.1 Å². The van der Waals surface area contributed by atoms with E-state index in [0.29, 0.717) is 17.3 Å². The van der Waals surface area contributed by atoms with Crippen LogP contribution >= 0.6 is 0 Å². The maximum Gasteiger partial charge on any atom is 0.201 e. The van der Waals surface area contributed by atoms with Crippen molar-refractivity contribution in [2.24, 2.45) is 0 Å². The molecule has 7 heteroatoms. The highest BCUT2D eigenvalue weighted by Crippen LogP contribution is 2.22. The van der Waals surface area contributed by atoms with Crippen LogP contribution < -0.4 is 10.1 Å². The molecule has 2 aromatic heterocycles. The summed E-state index contributed by atoms with van der Waals surface area (Å²) in [7, 11) is 0. The molecule has 0 saturated carbocycles. The minimum Gasteiger partial charge on any atom is -0.456 e. The molecule has 1 N–H and O–H groups in total. The molecule has 0 fully saturated rings. The number of rotatable bonds is 4. The lowest BCUT2D eigenvalue weighted by Crippen LogP contribution is -2.16. The SMILES string of the molecule is C1=CNC(c2nnn(-c3cccc(Oc4cccnc4)c3)n2)C=C1. The van der Waals surface area contributed by atoms with Gasteiger partial charge in [-0.2, -0.15) is 0 Å². The fourth-order valence-corrected chi connectivity index (χ4v) is 2.28. The Balaban J connectivity index is 1.56. The number of benzene rings is 1. The van der Waals surface area contributed by atoms with E-state index in [9.17, 15) is 0 Å². The lowest BCUT2D eigenvalue weighted by molar-refractivity contribution is 0.479. The van der Waals surface area contributed by atoms with Crippen LogP contribution in [0.3, 0.4) is 0 Å². The Morgan fingerprint density at radius 3 is 2.88 bits per heavy atom. The van der Waals surface area contributed by atoms with Crippen molar-refractivity contribution < 1.29 is 4.74 Å². The van der Waals surface area contributed by atoms with Crippen molar-refractivity contribution in [3.8, 4) is 17.2 Å². The van der Waals surface area contributed by atoms with E-state index in [4.69, 9.17) is 4.74 Å². The van der Waals surface area contributed by atoms with Crippen LogP contribution in [0.1, 0.15) is 11.9 Å². The molecule has 3 heterocycles. The maximum atomic E-state index is 5.78. The van der Waals surface area contributed by atoms with Crippen LogP contribution in [0.2, 0.25) is 0 Å². The van der Waals surface area contributed by atoms with Crippen molar-refractivity contribution in [1.29, 1.82) is 0 Å². The quantitative estimate of drug-likeness (QED) is 0.796. The van der Waals surface area contributed by atoms with Gasteiger partial charge in [0.15, 0.2) is 0 Å². The van der Waals surface area contributed by atoms with Crippen LogP contribution in [0.4, 0.5) is 0 Å². The minimum atomic E-state index is -0.0708. The molecular formula is C17H14N6O. The molecule has 24 heavy (non-hydrogen) atoms. The molecular weight excluding hydrogens is 304 g/mol. The topological polar surface area (TPSA) is 77.8 Å². The predicted octanol–water partition coefficient (Wildman–Crippen LogP) is 2.56. The van der Waals surface area contributed by atoms with Crippen molar-refractivity contribution in [3.63, 3.8) is 0 Å². The monoisotopic (exact) mass is 318 g/mol. The molecule has 118 valence electrons. The van der Waals surface area contributed by atoms with E-state index in [0.717, 1.165) is 5.69 Å². The molecule has 4 rings (SSSR count). The van der Waals surface area contributed by atoms with Gasteiger partial charge in [0.2, 0.25) is 5.82 Å². The molecule has 0 aliphatic carbocycles. The second-order valence-electron chi connectivity index (χ2n) is 5.11. The highest BCUT2D eigenvalue weighted by Gasteiger charge is 2.14. The molecule has 1 atom stereocenters. The van der Waals surface area contributed by atoms with Crippen LogP contribution in [0.5, 0.6) is 11.5 Å². The number of nitrogens with one attached hydrogen (secondary N) is 1. The highest BCUT2D eigenvalue weighted by atomic mass is 16.5. The Hall–Kier alpha value is -3.48. The highest BCUT2D eigenvalue weighted by molar-refractivity contribution is 5.39. The molecule has 0 spiro atoms. The Bertz CT molecular complexity index is 887. The zero-order chi connectivity index (χ0) is 16.2. The van der Waals surface area contributed by atoms with Gasteiger partial charge >= 0.3 is 0 Å². The Kier molecular flexibility index (Phi) is 3.73. The molecule has 1 unspecified atom stereocenters. The molecule has 7 nitrogen and oxygen atoms in total. The van der Waals surface area contributed by atoms with Gasteiger partial charge in [-0.1, -0.05) is 18.2 Å². The molecule has 0 radical (unpaired) electrons. The van der Waals surface area contributed by atoms with E-state index >= 15 is 0 Å². The molecule has 0 amide bonds. The van der Waals surface area contributed by atoms with E-state index < -0.39 is 0 Å². The largest absolute Gasteiger partial charge is 0.456 e. The zero-order valence-electron chi connectivity index (χ0n) is 12.6. The summed E-state index contributed by atoms with van der Waals surface area (Å²) < 4.78 is 5.78. The molecule has 3 aromatic rings. The summed E-state index contributed by atoms with van der Waals surface area (Å²) in [5, 5.41) is 15.8. The second kappa shape index (κ2) is 6.33. The number of aromatic nitrogens is 5. The smallest absolute Gasteiger partial charge is 0.201 e. The standard InChI is InChI=1S/C17H14N6O/c1-2-10-19-16(8-1)17-20-22-23(21-17)13-5-3-6-14(11-13)24-15-7-4-9-18-12-15/h1-12,16,19H. The summed E-state index contributed by atoms with van der Waals surface area (Å²) in [5.41, 5.74) is 0.769. The molecule has 1 aliphatic heterocycles. The van der Waals surface area contributed by atoms with E-state index in [1.54, 1.807) is 12.4 Å². The molecule has 0 saturated heterocycles. The van der Waals surface area contributed by atoms with Gasteiger partial charge in [-0.05, 0) is 41.8 Å². The van der Waals surface area contributed by atoms with E-state index in [1.807, 2.05) is 60.8 Å². The third kappa shape index (κ3) is 3.00. The minimum absolute atomic E-state index is 0.0708. The Morgan fingerprint density at radius 2 is 2.04 bits per heavy atom. The number of ether oxygens (including phenoxy) is 1. The normalized spacial score (nSPS) is 15.9. The maximum absolute atomic E-state index is 5.78. The summed E-state index contributed by atoms with van der Waals surface area (Å²) in [6.07, 6.45) is 11.1. The van der Waals surface area contributed by atoms with E-state index in [2.05, 4.69) is 25.7 Å². The number of pyridine rings is 1. The predicted molar refractivity (Wildman–Crippen MR) is 87.6 cm³/mol. The van der Waals surface area contributed by atoms with Crippen molar-refractivity contribution in [2.45, 2.75) is 6.04 Å². The first-order chi connectivity index (χ1) is 11.9. The van der Waals surface area contributed by atoms with Gasteiger partial charge in [0, 0.05) is 12.3 Å². The van der Waals surface area contributed by atoms with Gasteiger partial charge in [0.1, 0.15) is 17.5 Å². The zero-order valence-corrected chi connectivity index (χ0v) is 12.6. The van der Waals surface area contributed by atoms with Gasteiger partial charge in [-0.3, -0.25) is 4.98 Å². The van der Waals surface area contributed by atoms with Crippen molar-refractivity contribution >= 4 is 0 Å². The summed E-state index contributed by atoms with van der Waals surface area (Å²) in [5.74, 6) is 1.96. The van der Waals surface area contributed by atoms with Crippen molar-refractivity contribution in [2.75, 3.05) is 0 Å². The first-order valence-electron chi connectivity index (χ1n) is 7.46. The fourth-order valence-electron chi connectivity index (χ4n) is 2.28. The number of nitrogens with zero attached hydrogens (tertiary/aromatic N) is 5. The van der Waals surface area contributed by atoms with E-state index in [-0.39, 0.29) is 6.04 Å². The number of dihydropyridines is 1. The number of hydrogen-bond acceptors (Lipinski definition) is 6. The van der Waals surface area contributed by atoms with Gasteiger partial charge in [-0.25, -0.2) is 0 Å². The van der Waals surface area contributed by atoms with Crippen LogP contribution in [0.25, 0.3) is 5.69 Å². The third-order valence-electron chi connectivity index (χ3n) is 3.41. The van der Waals surface area contributed by atoms with E-state index in [1.165, 1.54) is 4.80 Å². The summed E-state index contributed by atoms with van der Waals surface area (Å²) in [6, 6.07) is 11.1.